The highest BCUT2D eigenvalue weighted by Gasteiger charge is 2.14. The second kappa shape index (κ2) is 9.00. The molecule has 0 radical (unpaired) electrons. The number of anilines is 1. The molecule has 3 rings (SSSR count). The fraction of sp³-hybridized carbons (Fsp3) is 0.158. The summed E-state index contributed by atoms with van der Waals surface area (Å²) in [5.41, 5.74) is 0. The van der Waals surface area contributed by atoms with Gasteiger partial charge in [0.1, 0.15) is 16.4 Å². The first kappa shape index (κ1) is 18.7. The van der Waals surface area contributed by atoms with Crippen LogP contribution >= 0.6 is 11.3 Å². The van der Waals surface area contributed by atoms with Crippen LogP contribution in [0.15, 0.2) is 59.2 Å². The zero-order valence-electron chi connectivity index (χ0n) is 14.1. The molecule has 2 heterocycles. The number of esters is 1. The van der Waals surface area contributed by atoms with E-state index in [1.165, 1.54) is 30.5 Å². The Morgan fingerprint density at radius 2 is 1.89 bits per heavy atom. The summed E-state index contributed by atoms with van der Waals surface area (Å²) in [6, 6.07) is 12.1. The van der Waals surface area contributed by atoms with Crippen molar-refractivity contribution in [1.29, 1.82) is 0 Å². The molecule has 6 nitrogen and oxygen atoms in total. The number of nitrogens with one attached hydrogen (secondary N) is 1. The smallest absolute Gasteiger partial charge is 0.348 e. The highest BCUT2D eigenvalue weighted by molar-refractivity contribution is 7.18. The first-order valence-electron chi connectivity index (χ1n) is 8.12. The van der Waals surface area contributed by atoms with E-state index >= 15 is 0 Å². The molecule has 0 unspecified atom stereocenters. The number of hydrogen-bond donors (Lipinski definition) is 1. The Morgan fingerprint density at radius 1 is 1.07 bits per heavy atom. The van der Waals surface area contributed by atoms with Gasteiger partial charge in [0.25, 0.3) is 5.91 Å². The SMILES string of the molecule is O=C(Nc1ccc(C(=O)OCCCOc2ccc(F)cc2)s1)c1ccco1. The van der Waals surface area contributed by atoms with Gasteiger partial charge < -0.3 is 19.2 Å². The number of rotatable bonds is 8. The Kier molecular flexibility index (Phi) is 6.22. The molecule has 140 valence electrons. The number of hydrogen-bond acceptors (Lipinski definition) is 6. The van der Waals surface area contributed by atoms with Crippen molar-refractivity contribution in [1.82, 2.24) is 0 Å². The number of furan rings is 1. The summed E-state index contributed by atoms with van der Waals surface area (Å²) in [6.07, 6.45) is 1.91. The lowest BCUT2D eigenvalue weighted by Crippen LogP contribution is -2.09. The van der Waals surface area contributed by atoms with Crippen LogP contribution in [0.3, 0.4) is 0 Å². The van der Waals surface area contributed by atoms with E-state index in [-0.39, 0.29) is 24.1 Å². The van der Waals surface area contributed by atoms with Crippen molar-refractivity contribution in [2.24, 2.45) is 0 Å². The van der Waals surface area contributed by atoms with Crippen molar-refractivity contribution in [3.63, 3.8) is 0 Å². The van der Waals surface area contributed by atoms with Crippen LogP contribution in [0.2, 0.25) is 0 Å². The van der Waals surface area contributed by atoms with Gasteiger partial charge in [-0.3, -0.25) is 4.79 Å². The molecule has 0 fully saturated rings. The van der Waals surface area contributed by atoms with E-state index in [2.05, 4.69) is 5.32 Å². The number of carbonyl (C=O) groups excluding carboxylic acids is 2. The number of halogens is 1. The zero-order chi connectivity index (χ0) is 19.1. The molecule has 2 aromatic heterocycles. The Labute approximate surface area is 158 Å². The van der Waals surface area contributed by atoms with Gasteiger partial charge >= 0.3 is 5.97 Å². The lowest BCUT2D eigenvalue weighted by molar-refractivity contribution is 0.0491. The summed E-state index contributed by atoms with van der Waals surface area (Å²) < 4.78 is 28.4. The summed E-state index contributed by atoms with van der Waals surface area (Å²) in [4.78, 5) is 24.3. The van der Waals surface area contributed by atoms with E-state index in [0.717, 1.165) is 11.3 Å². The van der Waals surface area contributed by atoms with Crippen molar-refractivity contribution >= 4 is 28.2 Å². The van der Waals surface area contributed by atoms with Gasteiger partial charge in [-0.25, -0.2) is 9.18 Å². The fourth-order valence-corrected chi connectivity index (χ4v) is 2.91. The summed E-state index contributed by atoms with van der Waals surface area (Å²) in [5, 5.41) is 3.17. The van der Waals surface area contributed by atoms with Crippen LogP contribution in [0.1, 0.15) is 26.6 Å². The highest BCUT2D eigenvalue weighted by atomic mass is 32.1. The summed E-state index contributed by atoms with van der Waals surface area (Å²) >= 11 is 1.11. The molecule has 0 aliphatic carbocycles. The van der Waals surface area contributed by atoms with E-state index in [9.17, 15) is 14.0 Å². The average Bonchev–Trinajstić information content (AvgIpc) is 3.35. The zero-order valence-corrected chi connectivity index (χ0v) is 15.0. The minimum atomic E-state index is -0.472. The topological polar surface area (TPSA) is 77.8 Å². The standard InChI is InChI=1S/C19H16FNO5S/c20-13-4-6-14(7-5-13)24-11-2-12-26-19(23)16-8-9-17(27-16)21-18(22)15-3-1-10-25-15/h1,3-10H,2,11-12H2,(H,21,22). The second-order valence-electron chi connectivity index (χ2n) is 5.39. The van der Waals surface area contributed by atoms with Crippen molar-refractivity contribution in [3.05, 3.63) is 71.2 Å². The molecule has 0 aliphatic heterocycles. The average molecular weight is 389 g/mol. The van der Waals surface area contributed by atoms with Crippen LogP contribution in [-0.2, 0) is 4.74 Å². The van der Waals surface area contributed by atoms with E-state index in [4.69, 9.17) is 13.9 Å². The minimum absolute atomic E-state index is 0.187. The third-order valence-corrected chi connectivity index (χ3v) is 4.37. The van der Waals surface area contributed by atoms with Gasteiger partial charge in [0.2, 0.25) is 0 Å². The predicted octanol–water partition coefficient (Wildman–Crippen LogP) is 4.36. The molecule has 1 N–H and O–H groups in total. The minimum Gasteiger partial charge on any atom is -0.493 e. The molecule has 0 aliphatic rings. The Hall–Kier alpha value is -3.13. The third kappa shape index (κ3) is 5.42. The first-order chi connectivity index (χ1) is 13.1. The summed E-state index contributed by atoms with van der Waals surface area (Å²) in [7, 11) is 0. The van der Waals surface area contributed by atoms with Gasteiger partial charge in [-0.2, -0.15) is 0 Å². The molecule has 1 aromatic carbocycles. The number of carbonyl (C=O) groups is 2. The van der Waals surface area contributed by atoms with Gasteiger partial charge in [0.05, 0.1) is 24.5 Å². The van der Waals surface area contributed by atoms with E-state index < -0.39 is 5.97 Å². The maximum atomic E-state index is 12.8. The monoisotopic (exact) mass is 389 g/mol. The van der Waals surface area contributed by atoms with Gasteiger partial charge in [-0.05, 0) is 48.5 Å². The van der Waals surface area contributed by atoms with Crippen LogP contribution in [0.5, 0.6) is 5.75 Å². The summed E-state index contributed by atoms with van der Waals surface area (Å²) in [6.45, 7) is 0.528. The molecule has 0 saturated carbocycles. The van der Waals surface area contributed by atoms with Gasteiger partial charge in [0, 0.05) is 6.42 Å². The highest BCUT2D eigenvalue weighted by Crippen LogP contribution is 2.23. The molecule has 0 spiro atoms. The molecular weight excluding hydrogens is 373 g/mol. The molecule has 3 aromatic rings. The Bertz CT molecular complexity index is 889. The molecular formula is C19H16FNO5S. The molecule has 8 heteroatoms. The normalized spacial score (nSPS) is 10.4. The quantitative estimate of drug-likeness (QED) is 0.458. The predicted molar refractivity (Wildman–Crippen MR) is 97.8 cm³/mol. The first-order valence-corrected chi connectivity index (χ1v) is 8.93. The van der Waals surface area contributed by atoms with Crippen LogP contribution < -0.4 is 10.1 Å². The van der Waals surface area contributed by atoms with E-state index in [1.807, 2.05) is 0 Å². The maximum Gasteiger partial charge on any atom is 0.348 e. The van der Waals surface area contributed by atoms with Crippen LogP contribution in [0.25, 0.3) is 0 Å². The lowest BCUT2D eigenvalue weighted by Gasteiger charge is -2.06. The Morgan fingerprint density at radius 3 is 2.63 bits per heavy atom. The van der Waals surface area contributed by atoms with Crippen molar-refractivity contribution in [3.8, 4) is 5.75 Å². The molecule has 27 heavy (non-hydrogen) atoms. The van der Waals surface area contributed by atoms with Gasteiger partial charge in [0.15, 0.2) is 5.76 Å². The fourth-order valence-electron chi connectivity index (χ4n) is 2.11. The number of thiophene rings is 1. The van der Waals surface area contributed by atoms with Crippen molar-refractivity contribution in [2.75, 3.05) is 18.5 Å². The lowest BCUT2D eigenvalue weighted by atomic mass is 10.3. The van der Waals surface area contributed by atoms with Crippen LogP contribution in [-0.4, -0.2) is 25.1 Å². The van der Waals surface area contributed by atoms with Gasteiger partial charge in [-0.15, -0.1) is 11.3 Å². The third-order valence-electron chi connectivity index (χ3n) is 3.39. The van der Waals surface area contributed by atoms with E-state index in [1.54, 1.807) is 24.3 Å². The molecule has 0 bridgehead atoms. The number of benzene rings is 1. The van der Waals surface area contributed by atoms with E-state index in [0.29, 0.717) is 28.7 Å². The number of amides is 1. The van der Waals surface area contributed by atoms with Crippen LogP contribution in [0.4, 0.5) is 9.39 Å². The number of ether oxygens (including phenoxy) is 2. The molecule has 1 amide bonds. The summed E-state index contributed by atoms with van der Waals surface area (Å²) in [5.74, 6) is -0.446. The van der Waals surface area contributed by atoms with Crippen molar-refractivity contribution in [2.45, 2.75) is 6.42 Å². The largest absolute Gasteiger partial charge is 0.493 e. The second-order valence-corrected chi connectivity index (χ2v) is 6.47. The maximum absolute atomic E-state index is 12.8. The molecule has 0 atom stereocenters. The van der Waals surface area contributed by atoms with Crippen molar-refractivity contribution < 1.29 is 27.9 Å². The van der Waals surface area contributed by atoms with Crippen LogP contribution in [0, 0.1) is 5.82 Å². The Balaban J connectivity index is 1.39. The van der Waals surface area contributed by atoms with Gasteiger partial charge in [-0.1, -0.05) is 0 Å². The molecule has 0 saturated heterocycles.